The highest BCUT2D eigenvalue weighted by atomic mass is 19.4. The van der Waals surface area contributed by atoms with E-state index in [1.54, 1.807) is 6.07 Å². The van der Waals surface area contributed by atoms with Gasteiger partial charge in [-0.25, -0.2) is 4.39 Å². The zero-order valence-electron chi connectivity index (χ0n) is 11.4. The maximum atomic E-state index is 13.6. The van der Waals surface area contributed by atoms with E-state index in [0.29, 0.717) is 23.4 Å². The van der Waals surface area contributed by atoms with Gasteiger partial charge in [0.2, 0.25) is 0 Å². The van der Waals surface area contributed by atoms with Crippen molar-refractivity contribution in [2.75, 3.05) is 6.54 Å². The van der Waals surface area contributed by atoms with Gasteiger partial charge in [-0.1, -0.05) is 13.0 Å². The number of rotatable bonds is 5. The lowest BCUT2D eigenvalue weighted by molar-refractivity contribution is -0.139. The third-order valence-corrected chi connectivity index (χ3v) is 3.04. The van der Waals surface area contributed by atoms with Crippen LogP contribution < -0.4 is 5.32 Å². The molecule has 1 N–H and O–H groups in total. The number of nitrogens with one attached hydrogen (secondary N) is 1. The van der Waals surface area contributed by atoms with Crippen molar-refractivity contribution in [3.05, 3.63) is 47.7 Å². The number of hydrogen-bond acceptors (Lipinski definition) is 2. The Kier molecular flexibility index (Phi) is 4.67. The summed E-state index contributed by atoms with van der Waals surface area (Å²) in [4.78, 5) is 0. The molecule has 1 aromatic heterocycles. The predicted octanol–water partition coefficient (Wildman–Crippen LogP) is 4.60. The molecule has 2 rings (SSSR count). The third-order valence-electron chi connectivity index (χ3n) is 3.04. The van der Waals surface area contributed by atoms with Gasteiger partial charge in [0.1, 0.15) is 11.6 Å². The first-order valence-corrected chi connectivity index (χ1v) is 6.57. The van der Waals surface area contributed by atoms with Crippen LogP contribution in [0.15, 0.2) is 34.9 Å². The Bertz CT molecular complexity index is 604. The van der Waals surface area contributed by atoms with Crippen LogP contribution in [-0.4, -0.2) is 6.54 Å². The van der Waals surface area contributed by atoms with Gasteiger partial charge >= 0.3 is 6.18 Å². The van der Waals surface area contributed by atoms with Crippen LogP contribution in [0.3, 0.4) is 0 Å². The molecule has 0 fully saturated rings. The van der Waals surface area contributed by atoms with E-state index in [4.69, 9.17) is 4.42 Å². The first-order chi connectivity index (χ1) is 9.93. The second-order valence-corrected chi connectivity index (χ2v) is 4.63. The van der Waals surface area contributed by atoms with Gasteiger partial charge in [0.15, 0.2) is 0 Å². The van der Waals surface area contributed by atoms with Crippen molar-refractivity contribution in [3.8, 4) is 11.1 Å². The molecular formula is C15H15F4NO. The molecule has 1 aromatic carbocycles. The van der Waals surface area contributed by atoms with Crippen molar-refractivity contribution in [1.29, 1.82) is 0 Å². The lowest BCUT2D eigenvalue weighted by atomic mass is 10.0. The van der Waals surface area contributed by atoms with Crippen molar-refractivity contribution in [2.45, 2.75) is 26.1 Å². The Labute approximate surface area is 119 Å². The summed E-state index contributed by atoms with van der Waals surface area (Å²) in [5.74, 6) is -0.712. The molecule has 0 aliphatic rings. The highest BCUT2D eigenvalue weighted by Gasteiger charge is 2.34. The number of hydrogen-bond donors (Lipinski definition) is 1. The SMILES string of the molecule is CCCNCc1occc1-c1ccc(C(F)(F)F)c(F)c1. The Morgan fingerprint density at radius 3 is 2.57 bits per heavy atom. The second kappa shape index (κ2) is 6.30. The minimum absolute atomic E-state index is 0.363. The normalized spacial score (nSPS) is 11.9. The van der Waals surface area contributed by atoms with Crippen LogP contribution >= 0.6 is 0 Å². The maximum absolute atomic E-state index is 13.6. The minimum Gasteiger partial charge on any atom is -0.467 e. The number of furan rings is 1. The predicted molar refractivity (Wildman–Crippen MR) is 71.1 cm³/mol. The fraction of sp³-hybridized carbons (Fsp3) is 0.333. The average molecular weight is 301 g/mol. The molecule has 0 aliphatic heterocycles. The van der Waals surface area contributed by atoms with Crippen molar-refractivity contribution in [1.82, 2.24) is 5.32 Å². The molecule has 6 heteroatoms. The summed E-state index contributed by atoms with van der Waals surface area (Å²) in [6, 6.07) is 4.50. The molecule has 0 amide bonds. The molecule has 0 saturated heterocycles. The molecular weight excluding hydrogens is 286 g/mol. The van der Waals surface area contributed by atoms with Gasteiger partial charge < -0.3 is 9.73 Å². The number of alkyl halides is 3. The summed E-state index contributed by atoms with van der Waals surface area (Å²) >= 11 is 0. The minimum atomic E-state index is -4.69. The van der Waals surface area contributed by atoms with Gasteiger partial charge in [-0.05, 0) is 36.7 Å². The van der Waals surface area contributed by atoms with Crippen LogP contribution in [0, 0.1) is 5.82 Å². The Hall–Kier alpha value is -1.82. The van der Waals surface area contributed by atoms with Gasteiger partial charge in [-0.15, -0.1) is 0 Å². The number of halogens is 4. The highest BCUT2D eigenvalue weighted by Crippen LogP contribution is 2.34. The first-order valence-electron chi connectivity index (χ1n) is 6.57. The summed E-state index contributed by atoms with van der Waals surface area (Å²) in [5.41, 5.74) is -0.311. The van der Waals surface area contributed by atoms with Gasteiger partial charge in [0.05, 0.1) is 18.4 Å². The van der Waals surface area contributed by atoms with Crippen LogP contribution in [0.1, 0.15) is 24.7 Å². The highest BCUT2D eigenvalue weighted by molar-refractivity contribution is 5.66. The summed E-state index contributed by atoms with van der Waals surface area (Å²) in [6.45, 7) is 3.25. The fourth-order valence-electron chi connectivity index (χ4n) is 2.03. The molecule has 0 spiro atoms. The second-order valence-electron chi connectivity index (χ2n) is 4.63. The number of benzene rings is 1. The smallest absolute Gasteiger partial charge is 0.419 e. The standard InChI is InChI=1S/C15H15F4NO/c1-2-6-20-9-14-11(5-7-21-14)10-3-4-12(13(16)8-10)15(17,18)19/h3-5,7-8,20H,2,6,9H2,1H3. The molecule has 2 aromatic rings. The van der Waals surface area contributed by atoms with Gasteiger partial charge in [0, 0.05) is 5.56 Å². The van der Waals surface area contributed by atoms with Gasteiger partial charge in [-0.3, -0.25) is 0 Å². The lowest BCUT2D eigenvalue weighted by Crippen LogP contribution is -2.13. The Balaban J connectivity index is 2.27. The molecule has 2 nitrogen and oxygen atoms in total. The van der Waals surface area contributed by atoms with E-state index in [0.717, 1.165) is 25.1 Å². The van der Waals surface area contributed by atoms with Crippen LogP contribution in [0.2, 0.25) is 0 Å². The topological polar surface area (TPSA) is 25.2 Å². The van der Waals surface area contributed by atoms with E-state index in [2.05, 4.69) is 5.32 Å². The fourth-order valence-corrected chi connectivity index (χ4v) is 2.03. The summed E-state index contributed by atoms with van der Waals surface area (Å²) in [5, 5.41) is 3.13. The maximum Gasteiger partial charge on any atom is 0.419 e. The van der Waals surface area contributed by atoms with Gasteiger partial charge in [-0.2, -0.15) is 13.2 Å². The Morgan fingerprint density at radius 1 is 1.19 bits per heavy atom. The van der Waals surface area contributed by atoms with Crippen LogP contribution in [0.5, 0.6) is 0 Å². The zero-order chi connectivity index (χ0) is 15.5. The van der Waals surface area contributed by atoms with Crippen molar-refractivity contribution >= 4 is 0 Å². The molecule has 0 radical (unpaired) electrons. The van der Waals surface area contributed by atoms with Crippen molar-refractivity contribution in [2.24, 2.45) is 0 Å². The Morgan fingerprint density at radius 2 is 1.95 bits per heavy atom. The lowest BCUT2D eigenvalue weighted by Gasteiger charge is -2.10. The van der Waals surface area contributed by atoms with E-state index in [-0.39, 0.29) is 0 Å². The molecule has 0 atom stereocenters. The van der Waals surface area contributed by atoms with Crippen LogP contribution in [0.4, 0.5) is 17.6 Å². The molecule has 0 bridgehead atoms. The summed E-state index contributed by atoms with van der Waals surface area (Å²) < 4.78 is 56.5. The molecule has 1 heterocycles. The molecule has 0 aliphatic carbocycles. The third kappa shape index (κ3) is 3.64. The van der Waals surface area contributed by atoms with E-state index in [1.807, 2.05) is 6.92 Å². The van der Waals surface area contributed by atoms with Crippen molar-refractivity contribution < 1.29 is 22.0 Å². The van der Waals surface area contributed by atoms with Crippen molar-refractivity contribution in [3.63, 3.8) is 0 Å². The monoisotopic (exact) mass is 301 g/mol. The van der Waals surface area contributed by atoms with E-state index >= 15 is 0 Å². The quantitative estimate of drug-likeness (QED) is 0.644. The largest absolute Gasteiger partial charge is 0.467 e. The average Bonchev–Trinajstić information content (AvgIpc) is 2.86. The molecule has 21 heavy (non-hydrogen) atoms. The first kappa shape index (κ1) is 15.6. The van der Waals surface area contributed by atoms with E-state index < -0.39 is 17.6 Å². The van der Waals surface area contributed by atoms with Crippen LogP contribution in [-0.2, 0) is 12.7 Å². The summed E-state index contributed by atoms with van der Waals surface area (Å²) in [7, 11) is 0. The zero-order valence-corrected chi connectivity index (χ0v) is 11.4. The van der Waals surface area contributed by atoms with E-state index in [9.17, 15) is 17.6 Å². The summed E-state index contributed by atoms with van der Waals surface area (Å²) in [6.07, 6.45) is -2.30. The molecule has 0 unspecified atom stereocenters. The molecule has 114 valence electrons. The molecule has 0 saturated carbocycles. The van der Waals surface area contributed by atoms with Gasteiger partial charge in [0.25, 0.3) is 0 Å². The van der Waals surface area contributed by atoms with Crippen LogP contribution in [0.25, 0.3) is 11.1 Å². The van der Waals surface area contributed by atoms with E-state index in [1.165, 1.54) is 12.3 Å².